The number of nitrogens with one attached hydrogen (secondary N) is 2. The van der Waals surface area contributed by atoms with Gasteiger partial charge in [0.05, 0.1) is 23.7 Å². The Morgan fingerprint density at radius 1 is 1.16 bits per heavy atom. The van der Waals surface area contributed by atoms with E-state index in [2.05, 4.69) is 10.6 Å². The molecule has 0 fully saturated rings. The quantitative estimate of drug-likeness (QED) is 0.851. The first-order valence-electron chi connectivity index (χ1n) is 7.51. The average molecular weight is 347 g/mol. The van der Waals surface area contributed by atoms with Crippen molar-refractivity contribution in [2.45, 2.75) is 25.6 Å². The van der Waals surface area contributed by atoms with Crippen molar-refractivity contribution in [1.29, 1.82) is 5.26 Å². The van der Waals surface area contributed by atoms with Crippen molar-refractivity contribution in [3.8, 4) is 6.07 Å². The van der Waals surface area contributed by atoms with Gasteiger partial charge in [0.2, 0.25) is 5.91 Å². The van der Waals surface area contributed by atoms with Crippen LogP contribution in [0.3, 0.4) is 0 Å². The smallest absolute Gasteiger partial charge is 0.374 e. The first kappa shape index (κ1) is 18.3. The van der Waals surface area contributed by atoms with Gasteiger partial charge in [-0.3, -0.25) is 4.79 Å². The molecule has 0 aromatic heterocycles. The minimum Gasteiger partial charge on any atom is -0.374 e. The zero-order valence-electron chi connectivity index (χ0n) is 13.4. The Balaban J connectivity index is 2.05. The van der Waals surface area contributed by atoms with Crippen LogP contribution in [0.5, 0.6) is 0 Å². The third-order valence-electron chi connectivity index (χ3n) is 3.50. The number of para-hydroxylation sites is 1. The van der Waals surface area contributed by atoms with E-state index in [1.807, 2.05) is 6.07 Å². The Morgan fingerprint density at radius 2 is 1.80 bits per heavy atom. The molecule has 0 saturated carbocycles. The van der Waals surface area contributed by atoms with Crippen molar-refractivity contribution in [2.75, 3.05) is 10.6 Å². The van der Waals surface area contributed by atoms with Gasteiger partial charge in [-0.25, -0.2) is 0 Å². The standard InChI is InChI=1S/C18H16F3N3O/c1-12(23-14-8-6-13(7-9-14)10-11-22)17(25)24-16-5-3-2-4-15(16)18(19,20)21/h2-9,12,23H,10H2,1H3,(H,24,25). The predicted octanol–water partition coefficient (Wildman–Crippen LogP) is 4.21. The summed E-state index contributed by atoms with van der Waals surface area (Å²) >= 11 is 0. The highest BCUT2D eigenvalue weighted by Crippen LogP contribution is 2.34. The Hall–Kier alpha value is -3.01. The van der Waals surface area contributed by atoms with Crippen LogP contribution in [0.2, 0.25) is 0 Å². The molecule has 0 saturated heterocycles. The molecule has 1 amide bonds. The van der Waals surface area contributed by atoms with E-state index in [1.54, 1.807) is 31.2 Å². The fraction of sp³-hybridized carbons (Fsp3) is 0.222. The van der Waals surface area contributed by atoms with Crippen molar-refractivity contribution in [2.24, 2.45) is 0 Å². The number of anilines is 2. The van der Waals surface area contributed by atoms with E-state index in [1.165, 1.54) is 18.2 Å². The lowest BCUT2D eigenvalue weighted by Gasteiger charge is -2.18. The maximum absolute atomic E-state index is 13.0. The average Bonchev–Trinajstić information content (AvgIpc) is 2.56. The molecule has 4 nitrogen and oxygen atoms in total. The van der Waals surface area contributed by atoms with Crippen LogP contribution in [-0.4, -0.2) is 11.9 Å². The highest BCUT2D eigenvalue weighted by Gasteiger charge is 2.33. The molecule has 1 atom stereocenters. The fourth-order valence-electron chi connectivity index (χ4n) is 2.21. The SMILES string of the molecule is CC(Nc1ccc(CC#N)cc1)C(=O)Nc1ccccc1C(F)(F)F. The van der Waals surface area contributed by atoms with E-state index in [9.17, 15) is 18.0 Å². The Labute approximate surface area is 143 Å². The summed E-state index contributed by atoms with van der Waals surface area (Å²) in [6, 6.07) is 13.0. The van der Waals surface area contributed by atoms with Crippen molar-refractivity contribution >= 4 is 17.3 Å². The zero-order valence-corrected chi connectivity index (χ0v) is 13.4. The molecule has 0 aliphatic heterocycles. The van der Waals surface area contributed by atoms with Gasteiger partial charge in [-0.1, -0.05) is 24.3 Å². The Morgan fingerprint density at radius 3 is 2.40 bits per heavy atom. The maximum atomic E-state index is 13.0. The molecule has 2 aromatic carbocycles. The summed E-state index contributed by atoms with van der Waals surface area (Å²) in [5.74, 6) is -0.585. The maximum Gasteiger partial charge on any atom is 0.418 e. The van der Waals surface area contributed by atoms with Gasteiger partial charge in [0.15, 0.2) is 0 Å². The first-order valence-corrected chi connectivity index (χ1v) is 7.51. The van der Waals surface area contributed by atoms with E-state index >= 15 is 0 Å². The molecule has 0 heterocycles. The first-order chi connectivity index (χ1) is 11.8. The number of hydrogen-bond acceptors (Lipinski definition) is 3. The van der Waals surface area contributed by atoms with Gasteiger partial charge >= 0.3 is 6.18 Å². The molecule has 0 spiro atoms. The lowest BCUT2D eigenvalue weighted by Crippen LogP contribution is -2.32. The van der Waals surface area contributed by atoms with Gasteiger partial charge in [0.1, 0.15) is 6.04 Å². The number of carbonyl (C=O) groups excluding carboxylic acids is 1. The van der Waals surface area contributed by atoms with Gasteiger partial charge in [-0.15, -0.1) is 0 Å². The van der Waals surface area contributed by atoms with Crippen molar-refractivity contribution in [3.63, 3.8) is 0 Å². The van der Waals surface area contributed by atoms with Gasteiger partial charge in [0, 0.05) is 5.69 Å². The number of hydrogen-bond donors (Lipinski definition) is 2. The lowest BCUT2D eigenvalue weighted by molar-refractivity contribution is -0.137. The number of nitriles is 1. The second kappa shape index (κ2) is 7.71. The number of benzene rings is 2. The molecule has 0 bridgehead atoms. The number of halogens is 3. The molecular weight excluding hydrogens is 331 g/mol. The summed E-state index contributed by atoms with van der Waals surface area (Å²) in [6.07, 6.45) is -4.26. The highest BCUT2D eigenvalue weighted by atomic mass is 19.4. The van der Waals surface area contributed by atoms with Crippen molar-refractivity contribution in [3.05, 3.63) is 59.7 Å². The predicted molar refractivity (Wildman–Crippen MR) is 88.9 cm³/mol. The lowest BCUT2D eigenvalue weighted by atomic mass is 10.1. The molecule has 2 rings (SSSR count). The van der Waals surface area contributed by atoms with Gasteiger partial charge in [-0.05, 0) is 36.8 Å². The summed E-state index contributed by atoms with van der Waals surface area (Å²) < 4.78 is 38.9. The van der Waals surface area contributed by atoms with Crippen LogP contribution in [0.1, 0.15) is 18.1 Å². The molecule has 0 radical (unpaired) electrons. The van der Waals surface area contributed by atoms with E-state index in [0.717, 1.165) is 11.6 Å². The number of amides is 1. The number of nitrogens with zero attached hydrogens (tertiary/aromatic N) is 1. The van der Waals surface area contributed by atoms with Crippen LogP contribution in [0.15, 0.2) is 48.5 Å². The Kier molecular flexibility index (Phi) is 5.65. The molecule has 0 aliphatic carbocycles. The number of carbonyl (C=O) groups is 1. The van der Waals surface area contributed by atoms with Crippen LogP contribution >= 0.6 is 0 Å². The van der Waals surface area contributed by atoms with Crippen LogP contribution < -0.4 is 10.6 Å². The van der Waals surface area contributed by atoms with Gasteiger partial charge in [0.25, 0.3) is 0 Å². The third kappa shape index (κ3) is 4.98. The molecule has 7 heteroatoms. The molecule has 0 aliphatic rings. The van der Waals surface area contributed by atoms with Gasteiger partial charge in [-0.2, -0.15) is 18.4 Å². The van der Waals surface area contributed by atoms with Crippen LogP contribution in [0.4, 0.5) is 24.5 Å². The second-order valence-electron chi connectivity index (χ2n) is 5.43. The summed E-state index contributed by atoms with van der Waals surface area (Å²) in [4.78, 5) is 12.2. The zero-order chi connectivity index (χ0) is 18.4. The fourth-order valence-corrected chi connectivity index (χ4v) is 2.21. The molecule has 2 aromatic rings. The van der Waals surface area contributed by atoms with Crippen molar-refractivity contribution in [1.82, 2.24) is 0 Å². The minimum absolute atomic E-state index is 0.280. The van der Waals surface area contributed by atoms with Crippen molar-refractivity contribution < 1.29 is 18.0 Å². The topological polar surface area (TPSA) is 64.9 Å². The Bertz CT molecular complexity index is 779. The van der Waals surface area contributed by atoms with E-state index in [4.69, 9.17) is 5.26 Å². The normalized spacial score (nSPS) is 12.1. The van der Waals surface area contributed by atoms with Crippen LogP contribution in [0.25, 0.3) is 0 Å². The van der Waals surface area contributed by atoms with Crippen LogP contribution in [0, 0.1) is 11.3 Å². The third-order valence-corrected chi connectivity index (χ3v) is 3.50. The minimum atomic E-state index is -4.54. The molecule has 2 N–H and O–H groups in total. The van der Waals surface area contributed by atoms with E-state index in [0.29, 0.717) is 5.69 Å². The molecule has 25 heavy (non-hydrogen) atoms. The second-order valence-corrected chi connectivity index (χ2v) is 5.43. The largest absolute Gasteiger partial charge is 0.418 e. The molecule has 1 unspecified atom stereocenters. The van der Waals surface area contributed by atoms with Gasteiger partial charge < -0.3 is 10.6 Å². The summed E-state index contributed by atoms with van der Waals surface area (Å²) in [5.41, 5.74) is 0.298. The summed E-state index contributed by atoms with van der Waals surface area (Å²) in [5, 5.41) is 13.8. The van der Waals surface area contributed by atoms with E-state index in [-0.39, 0.29) is 12.1 Å². The monoisotopic (exact) mass is 347 g/mol. The van der Waals surface area contributed by atoms with E-state index < -0.39 is 23.7 Å². The summed E-state index contributed by atoms with van der Waals surface area (Å²) in [6.45, 7) is 1.55. The molecule has 130 valence electrons. The van der Waals surface area contributed by atoms with Crippen LogP contribution in [-0.2, 0) is 17.4 Å². The molecular formula is C18H16F3N3O. The summed E-state index contributed by atoms with van der Waals surface area (Å²) in [7, 11) is 0. The number of alkyl halides is 3. The highest BCUT2D eigenvalue weighted by molar-refractivity contribution is 5.96. The number of rotatable bonds is 5.